The Kier molecular flexibility index (Phi) is 3.20. The van der Waals surface area contributed by atoms with Crippen LogP contribution in [0.1, 0.15) is 53.7 Å². The van der Waals surface area contributed by atoms with Crippen molar-refractivity contribution in [1.29, 1.82) is 0 Å². The number of carbonyl (C=O) groups excluding carboxylic acids is 1. The number of aliphatic hydroxyl groups excluding tert-OH is 1. The molecule has 18 heavy (non-hydrogen) atoms. The molecule has 0 radical (unpaired) electrons. The maximum Gasteiger partial charge on any atom is 0.192 e. The molecule has 0 heterocycles. The van der Waals surface area contributed by atoms with Gasteiger partial charge in [-0.05, 0) is 42.4 Å². The van der Waals surface area contributed by atoms with Crippen LogP contribution in [0.25, 0.3) is 0 Å². The van der Waals surface area contributed by atoms with Crippen molar-refractivity contribution in [2.45, 2.75) is 46.1 Å². The highest BCUT2D eigenvalue weighted by Gasteiger charge is 2.35. The first-order chi connectivity index (χ1) is 8.34. The highest BCUT2D eigenvalue weighted by molar-refractivity contribution is 6.03. The summed E-state index contributed by atoms with van der Waals surface area (Å²) in [6, 6.07) is 1.63. The van der Waals surface area contributed by atoms with E-state index in [1.807, 2.05) is 27.7 Å². The van der Waals surface area contributed by atoms with Gasteiger partial charge in [-0.2, -0.15) is 0 Å². The van der Waals surface area contributed by atoms with Gasteiger partial charge in [-0.15, -0.1) is 0 Å². The maximum atomic E-state index is 12.2. The molecule has 1 aromatic carbocycles. The average Bonchev–Trinajstić information content (AvgIpc) is 2.24. The van der Waals surface area contributed by atoms with Crippen LogP contribution < -0.4 is 0 Å². The van der Waals surface area contributed by atoms with E-state index in [2.05, 4.69) is 0 Å². The van der Waals surface area contributed by atoms with E-state index in [1.165, 1.54) is 0 Å². The summed E-state index contributed by atoms with van der Waals surface area (Å²) in [4.78, 5) is 12.2. The summed E-state index contributed by atoms with van der Waals surface area (Å²) in [5.74, 6) is 0.124. The monoisotopic (exact) mass is 248 g/mol. The first kappa shape index (κ1) is 13.1. The Bertz CT molecular complexity index is 503. The normalized spacial score (nSPS) is 23.3. The number of benzene rings is 1. The molecule has 2 unspecified atom stereocenters. The summed E-state index contributed by atoms with van der Waals surface area (Å²) >= 11 is 0. The third-order valence-electron chi connectivity index (χ3n) is 3.81. The molecule has 0 spiro atoms. The van der Waals surface area contributed by atoms with Gasteiger partial charge in [0, 0.05) is 11.1 Å². The maximum absolute atomic E-state index is 12.2. The number of Topliss-reactive ketones (excluding diaryl/α,β-unsaturated/α-hetero) is 1. The van der Waals surface area contributed by atoms with E-state index >= 15 is 0 Å². The van der Waals surface area contributed by atoms with Crippen molar-refractivity contribution in [2.75, 3.05) is 0 Å². The van der Waals surface area contributed by atoms with E-state index in [9.17, 15) is 15.0 Å². The number of ketones is 1. The summed E-state index contributed by atoms with van der Waals surface area (Å²) in [7, 11) is 0. The van der Waals surface area contributed by atoms with Crippen LogP contribution in [0.3, 0.4) is 0 Å². The SMILES string of the molecule is Cc1cc(O)c(C(C)C)c2c1C(=O)C(O)C(C)C2. The zero-order chi connectivity index (χ0) is 13.6. The Labute approximate surface area is 107 Å². The number of hydrogen-bond donors (Lipinski definition) is 2. The molecule has 2 rings (SSSR count). The van der Waals surface area contributed by atoms with Crippen molar-refractivity contribution in [2.24, 2.45) is 5.92 Å². The molecule has 0 saturated heterocycles. The minimum atomic E-state index is -0.916. The molecular weight excluding hydrogens is 228 g/mol. The molecular formula is C15H20O3. The van der Waals surface area contributed by atoms with Gasteiger partial charge in [-0.3, -0.25) is 4.79 Å². The average molecular weight is 248 g/mol. The standard InChI is InChI=1S/C15H20O3/c1-7(2)12-10-5-9(4)14(17)15(18)13(10)8(3)6-11(12)16/h6-7,9,14,16-17H,5H2,1-4H3. The molecule has 3 nitrogen and oxygen atoms in total. The molecule has 3 heteroatoms. The number of aromatic hydroxyl groups is 1. The Balaban J connectivity index is 2.73. The summed E-state index contributed by atoms with van der Waals surface area (Å²) < 4.78 is 0. The molecule has 0 aliphatic heterocycles. The van der Waals surface area contributed by atoms with Gasteiger partial charge in [-0.1, -0.05) is 20.8 Å². The highest BCUT2D eigenvalue weighted by atomic mass is 16.3. The third kappa shape index (κ3) is 1.83. The van der Waals surface area contributed by atoms with Crippen LogP contribution >= 0.6 is 0 Å². The number of phenols is 1. The van der Waals surface area contributed by atoms with E-state index in [0.717, 1.165) is 16.7 Å². The highest BCUT2D eigenvalue weighted by Crippen LogP contribution is 2.38. The second kappa shape index (κ2) is 4.39. The fourth-order valence-corrected chi connectivity index (χ4v) is 2.92. The Morgan fingerprint density at radius 1 is 1.39 bits per heavy atom. The number of hydrogen-bond acceptors (Lipinski definition) is 3. The van der Waals surface area contributed by atoms with Gasteiger partial charge in [0.2, 0.25) is 0 Å². The zero-order valence-electron chi connectivity index (χ0n) is 11.3. The summed E-state index contributed by atoms with van der Waals surface area (Å²) in [5, 5.41) is 20.0. The minimum absolute atomic E-state index is 0.0938. The fourth-order valence-electron chi connectivity index (χ4n) is 2.92. The molecule has 98 valence electrons. The van der Waals surface area contributed by atoms with Crippen molar-refractivity contribution < 1.29 is 15.0 Å². The van der Waals surface area contributed by atoms with E-state index in [4.69, 9.17) is 0 Å². The van der Waals surface area contributed by atoms with Crippen LogP contribution in [0.4, 0.5) is 0 Å². The number of aryl methyl sites for hydroxylation is 1. The Hall–Kier alpha value is -1.35. The van der Waals surface area contributed by atoms with E-state index in [1.54, 1.807) is 6.07 Å². The second-order valence-corrected chi connectivity index (χ2v) is 5.63. The largest absolute Gasteiger partial charge is 0.508 e. The van der Waals surface area contributed by atoms with Crippen LogP contribution in [-0.4, -0.2) is 22.1 Å². The van der Waals surface area contributed by atoms with Crippen molar-refractivity contribution in [3.63, 3.8) is 0 Å². The van der Waals surface area contributed by atoms with Crippen LogP contribution in [0.5, 0.6) is 5.75 Å². The van der Waals surface area contributed by atoms with Crippen molar-refractivity contribution in [3.05, 3.63) is 28.3 Å². The fraction of sp³-hybridized carbons (Fsp3) is 0.533. The smallest absolute Gasteiger partial charge is 0.192 e. The molecule has 2 atom stereocenters. The number of aliphatic hydroxyl groups is 1. The van der Waals surface area contributed by atoms with Gasteiger partial charge in [0.15, 0.2) is 5.78 Å². The Morgan fingerprint density at radius 3 is 2.56 bits per heavy atom. The predicted octanol–water partition coefficient (Wildman–Crippen LogP) is 2.56. The van der Waals surface area contributed by atoms with Gasteiger partial charge < -0.3 is 10.2 Å². The molecule has 2 N–H and O–H groups in total. The minimum Gasteiger partial charge on any atom is -0.508 e. The summed E-state index contributed by atoms with van der Waals surface area (Å²) in [6.45, 7) is 7.69. The summed E-state index contributed by atoms with van der Waals surface area (Å²) in [6.07, 6.45) is -0.272. The van der Waals surface area contributed by atoms with Gasteiger partial charge >= 0.3 is 0 Å². The third-order valence-corrected chi connectivity index (χ3v) is 3.81. The lowest BCUT2D eigenvalue weighted by Gasteiger charge is -2.30. The van der Waals surface area contributed by atoms with Crippen LogP contribution in [0.15, 0.2) is 6.07 Å². The van der Waals surface area contributed by atoms with Gasteiger partial charge in [0.25, 0.3) is 0 Å². The molecule has 0 aromatic heterocycles. The number of fused-ring (bicyclic) bond motifs is 1. The van der Waals surface area contributed by atoms with Gasteiger partial charge in [-0.25, -0.2) is 0 Å². The molecule has 1 aliphatic carbocycles. The van der Waals surface area contributed by atoms with Crippen LogP contribution in [0, 0.1) is 12.8 Å². The van der Waals surface area contributed by atoms with E-state index in [0.29, 0.717) is 12.0 Å². The first-order valence-corrected chi connectivity index (χ1v) is 6.42. The van der Waals surface area contributed by atoms with Crippen molar-refractivity contribution in [1.82, 2.24) is 0 Å². The van der Waals surface area contributed by atoms with Crippen molar-refractivity contribution >= 4 is 5.78 Å². The number of phenolic OH excluding ortho intramolecular Hbond substituents is 1. The molecule has 0 fully saturated rings. The van der Waals surface area contributed by atoms with E-state index in [-0.39, 0.29) is 23.4 Å². The van der Waals surface area contributed by atoms with Gasteiger partial charge in [0.1, 0.15) is 11.9 Å². The molecule has 0 amide bonds. The van der Waals surface area contributed by atoms with Gasteiger partial charge in [0.05, 0.1) is 0 Å². The molecule has 1 aromatic rings. The topological polar surface area (TPSA) is 57.5 Å². The lowest BCUT2D eigenvalue weighted by atomic mass is 9.76. The number of rotatable bonds is 1. The van der Waals surface area contributed by atoms with Crippen molar-refractivity contribution in [3.8, 4) is 5.75 Å². The van der Waals surface area contributed by atoms with Crippen LogP contribution in [0.2, 0.25) is 0 Å². The first-order valence-electron chi connectivity index (χ1n) is 6.42. The lowest BCUT2D eigenvalue weighted by Crippen LogP contribution is -2.36. The van der Waals surface area contributed by atoms with Crippen LogP contribution in [-0.2, 0) is 6.42 Å². The second-order valence-electron chi connectivity index (χ2n) is 5.63. The molecule has 0 bridgehead atoms. The van der Waals surface area contributed by atoms with E-state index < -0.39 is 6.10 Å². The Morgan fingerprint density at radius 2 is 2.00 bits per heavy atom. The quantitative estimate of drug-likeness (QED) is 0.803. The lowest BCUT2D eigenvalue weighted by molar-refractivity contribution is 0.0594. The molecule has 0 saturated carbocycles. The number of carbonyl (C=O) groups is 1. The summed E-state index contributed by atoms with van der Waals surface area (Å²) in [5.41, 5.74) is 3.14. The zero-order valence-corrected chi connectivity index (χ0v) is 11.3. The predicted molar refractivity (Wildman–Crippen MR) is 70.1 cm³/mol. The molecule has 1 aliphatic rings.